The molecule has 0 aromatic heterocycles. The fraction of sp³-hybridized carbons (Fsp3) is 0.600. The Morgan fingerprint density at radius 2 is 0.982 bits per heavy atom. The van der Waals surface area contributed by atoms with E-state index in [9.17, 15) is 0 Å². The predicted octanol–water partition coefficient (Wildman–Crippen LogP) is 9.98. The first-order chi connectivity index (χ1) is 27.5. The van der Waals surface area contributed by atoms with Crippen LogP contribution in [0.25, 0.3) is 0 Å². The van der Waals surface area contributed by atoms with Gasteiger partial charge in [0.2, 0.25) is 0 Å². The molecule has 0 aliphatic carbocycles. The summed E-state index contributed by atoms with van der Waals surface area (Å²) in [6.45, 7) is 26.2. The molecule has 10 unspecified atom stereocenters. The van der Waals surface area contributed by atoms with Crippen LogP contribution >= 0.6 is 0 Å². The number of nitrogens with zero attached hydrogens (tertiary/aromatic N) is 4. The van der Waals surface area contributed by atoms with Crippen LogP contribution in [0, 0.1) is 77.0 Å². The van der Waals surface area contributed by atoms with Crippen molar-refractivity contribution >= 4 is 23.9 Å². The number of dihydropyridines is 2. The molecule has 0 bridgehead atoms. The molecule has 7 heteroatoms. The van der Waals surface area contributed by atoms with Gasteiger partial charge < -0.3 is 15.4 Å². The summed E-state index contributed by atoms with van der Waals surface area (Å²) in [5.74, 6) is 2.41. The molecule has 0 saturated carbocycles. The number of benzene rings is 2. The molecule has 2 N–H and O–H groups in total. The number of hydrogen-bond acceptors (Lipinski definition) is 7. The van der Waals surface area contributed by atoms with E-state index in [1.165, 1.54) is 78.5 Å². The minimum Gasteiger partial charge on any atom is -0.381 e. The fourth-order valence-corrected chi connectivity index (χ4v) is 12.1. The molecule has 0 radical (unpaired) electrons. The van der Waals surface area contributed by atoms with Crippen molar-refractivity contribution in [1.82, 2.24) is 10.6 Å². The van der Waals surface area contributed by atoms with E-state index in [-0.39, 0.29) is 23.9 Å². The van der Waals surface area contributed by atoms with Crippen LogP contribution in [0.2, 0.25) is 0 Å². The molecule has 2 aromatic rings. The maximum Gasteiger partial charge on any atom is 0.117 e. The number of nitrogens with one attached hydrogen (secondary N) is 2. The van der Waals surface area contributed by atoms with Crippen LogP contribution < -0.4 is 10.6 Å². The summed E-state index contributed by atoms with van der Waals surface area (Å²) in [5.41, 5.74) is 18.5. The molecular weight excluding hydrogens is 701 g/mol. The lowest BCUT2D eigenvalue weighted by molar-refractivity contribution is 0.100. The van der Waals surface area contributed by atoms with E-state index in [1.807, 2.05) is 0 Å². The van der Waals surface area contributed by atoms with Gasteiger partial charge in [-0.15, -0.1) is 0 Å². The van der Waals surface area contributed by atoms with Gasteiger partial charge in [0.1, 0.15) is 12.1 Å². The number of hydrogen-bond donors (Lipinski definition) is 2. The van der Waals surface area contributed by atoms with Crippen LogP contribution in [0.5, 0.6) is 0 Å². The van der Waals surface area contributed by atoms with Gasteiger partial charge in [-0.05, 0) is 151 Å². The molecule has 8 rings (SSSR count). The molecule has 7 nitrogen and oxygen atoms in total. The van der Waals surface area contributed by atoms with Crippen molar-refractivity contribution in [2.45, 2.75) is 132 Å². The van der Waals surface area contributed by atoms with Crippen molar-refractivity contribution in [2.75, 3.05) is 26.3 Å². The normalized spacial score (nSPS) is 30.1. The Bertz CT molecular complexity index is 1880. The highest BCUT2D eigenvalue weighted by Crippen LogP contribution is 2.49. The third-order valence-electron chi connectivity index (χ3n) is 14.8. The molecule has 10 atom stereocenters. The van der Waals surface area contributed by atoms with Gasteiger partial charge in [-0.1, -0.05) is 62.1 Å². The topological polar surface area (TPSA) is 82.7 Å². The molecule has 0 spiro atoms. The summed E-state index contributed by atoms with van der Waals surface area (Å²) in [7, 11) is 0. The SMILES string of the molecule is CCC(CCOCCC(CC)C1C=NC(c2c(C)cc(C)cc2C)C2=C1C1NCCC1C(C)=N2)C1C=NC(c2c(C)cc(C)cc2C)C2=C1C1NCCC1C(C)=N2. The Hall–Kier alpha value is -3.52. The summed E-state index contributed by atoms with van der Waals surface area (Å²) in [6, 6.07) is 9.85. The number of ether oxygens (including phenoxy) is 1. The predicted molar refractivity (Wildman–Crippen MR) is 238 cm³/mol. The van der Waals surface area contributed by atoms with Crippen molar-refractivity contribution in [3.63, 3.8) is 0 Å². The highest BCUT2D eigenvalue weighted by Gasteiger charge is 2.46. The van der Waals surface area contributed by atoms with Gasteiger partial charge in [-0.3, -0.25) is 20.0 Å². The van der Waals surface area contributed by atoms with Gasteiger partial charge >= 0.3 is 0 Å². The molecule has 6 aliphatic rings. The zero-order valence-electron chi connectivity index (χ0n) is 36.5. The van der Waals surface area contributed by atoms with Gasteiger partial charge in [0, 0.05) is 72.8 Å². The number of fused-ring (bicyclic) bond motifs is 4. The first-order valence-electron chi connectivity index (χ1n) is 22.3. The molecule has 2 fully saturated rings. The van der Waals surface area contributed by atoms with Crippen LogP contribution in [-0.2, 0) is 4.74 Å². The second kappa shape index (κ2) is 16.6. The second-order valence-electron chi connectivity index (χ2n) is 18.4. The summed E-state index contributed by atoms with van der Waals surface area (Å²) < 4.78 is 6.62. The molecule has 6 heterocycles. The van der Waals surface area contributed by atoms with Gasteiger partial charge in [0.15, 0.2) is 0 Å². The Morgan fingerprint density at radius 3 is 1.35 bits per heavy atom. The lowest BCUT2D eigenvalue weighted by Gasteiger charge is -2.40. The highest BCUT2D eigenvalue weighted by atomic mass is 16.5. The maximum absolute atomic E-state index is 6.62. The van der Waals surface area contributed by atoms with Crippen molar-refractivity contribution in [3.05, 3.63) is 91.3 Å². The lowest BCUT2D eigenvalue weighted by atomic mass is 9.71. The molecule has 304 valence electrons. The fourth-order valence-electron chi connectivity index (χ4n) is 12.1. The Labute approximate surface area is 343 Å². The largest absolute Gasteiger partial charge is 0.381 e. The summed E-state index contributed by atoms with van der Waals surface area (Å²) in [6.07, 6.45) is 11.2. The Balaban J connectivity index is 0.980. The first kappa shape index (κ1) is 40.3. The summed E-state index contributed by atoms with van der Waals surface area (Å²) in [4.78, 5) is 21.6. The minimum absolute atomic E-state index is 0.0393. The van der Waals surface area contributed by atoms with Crippen LogP contribution in [0.15, 0.2) is 66.8 Å². The second-order valence-corrected chi connectivity index (χ2v) is 18.4. The zero-order chi connectivity index (χ0) is 40.1. The minimum atomic E-state index is -0.0393. The number of aryl methyl sites for hydroxylation is 6. The van der Waals surface area contributed by atoms with E-state index in [0.29, 0.717) is 35.8 Å². The molecule has 2 saturated heterocycles. The van der Waals surface area contributed by atoms with E-state index in [1.54, 1.807) is 0 Å². The highest BCUT2D eigenvalue weighted by molar-refractivity contribution is 5.90. The van der Waals surface area contributed by atoms with Crippen molar-refractivity contribution < 1.29 is 4.74 Å². The van der Waals surface area contributed by atoms with E-state index in [2.05, 4.69) is 117 Å². The molecule has 2 aromatic carbocycles. The van der Waals surface area contributed by atoms with E-state index >= 15 is 0 Å². The van der Waals surface area contributed by atoms with Crippen LogP contribution in [0.4, 0.5) is 0 Å². The first-order valence-corrected chi connectivity index (χ1v) is 22.3. The third kappa shape index (κ3) is 7.39. The molecule has 57 heavy (non-hydrogen) atoms. The summed E-state index contributed by atoms with van der Waals surface area (Å²) in [5, 5.41) is 7.86. The monoisotopic (exact) mass is 769 g/mol. The Kier molecular flexibility index (Phi) is 11.7. The van der Waals surface area contributed by atoms with Crippen molar-refractivity contribution in [3.8, 4) is 0 Å². The zero-order valence-corrected chi connectivity index (χ0v) is 36.5. The Morgan fingerprint density at radius 1 is 0.596 bits per heavy atom. The number of rotatable bonds is 12. The van der Waals surface area contributed by atoms with Gasteiger partial charge in [-0.2, -0.15) is 0 Å². The molecule has 6 aliphatic heterocycles. The van der Waals surface area contributed by atoms with Gasteiger partial charge in [0.05, 0.1) is 11.4 Å². The smallest absolute Gasteiger partial charge is 0.117 e. The van der Waals surface area contributed by atoms with Crippen molar-refractivity contribution in [2.24, 2.45) is 55.5 Å². The van der Waals surface area contributed by atoms with E-state index in [0.717, 1.165) is 64.8 Å². The third-order valence-corrected chi connectivity index (χ3v) is 14.8. The maximum atomic E-state index is 6.62. The van der Waals surface area contributed by atoms with E-state index < -0.39 is 0 Å². The number of aliphatic imine (C=N–C) groups is 4. The average Bonchev–Trinajstić information content (AvgIpc) is 3.87. The van der Waals surface area contributed by atoms with Crippen LogP contribution in [0.3, 0.4) is 0 Å². The standard InChI is InChI=1S/C50H68N6O/c1-11-35(39-25-53-47(41-29(5)21-27(3)22-30(41)6)49-43(39)45-37(13-17-51-45)33(9)55-49)15-19-57-20-16-36(12-2)40-26-54-48(42-31(7)23-28(4)24-32(42)8)50-44(40)46-38(14-18-52-46)34(10)56-50/h21-26,35-40,45-48,51-52H,11-20H2,1-10H3. The van der Waals surface area contributed by atoms with Gasteiger partial charge in [-0.25, -0.2) is 0 Å². The lowest BCUT2D eigenvalue weighted by Crippen LogP contribution is -2.43. The molecular formula is C50H68N6O. The van der Waals surface area contributed by atoms with Gasteiger partial charge in [0.25, 0.3) is 0 Å². The van der Waals surface area contributed by atoms with Crippen LogP contribution in [0.1, 0.15) is 123 Å². The quantitative estimate of drug-likeness (QED) is 0.211. The average molecular weight is 769 g/mol. The van der Waals surface area contributed by atoms with Crippen LogP contribution in [-0.4, -0.2) is 62.2 Å². The van der Waals surface area contributed by atoms with Crippen molar-refractivity contribution in [1.29, 1.82) is 0 Å². The molecule has 0 amide bonds. The summed E-state index contributed by atoms with van der Waals surface area (Å²) >= 11 is 0. The van der Waals surface area contributed by atoms with E-state index in [4.69, 9.17) is 24.7 Å².